The first-order valence-corrected chi connectivity index (χ1v) is 11.9. The van der Waals surface area contributed by atoms with Gasteiger partial charge in [0.15, 0.2) is 5.96 Å². The molecular weight excluding hydrogens is 412 g/mol. The summed E-state index contributed by atoms with van der Waals surface area (Å²) in [5, 5.41) is 20.3. The van der Waals surface area contributed by atoms with Crippen molar-refractivity contribution >= 4 is 5.96 Å². The fraction of sp³-hybridized carbons (Fsp3) is 0.423. The van der Waals surface area contributed by atoms with Gasteiger partial charge in [0.1, 0.15) is 12.7 Å². The van der Waals surface area contributed by atoms with Crippen LogP contribution in [0, 0.1) is 5.92 Å². The molecule has 2 aromatic carbocycles. The molecule has 3 rings (SSSR count). The van der Waals surface area contributed by atoms with Crippen molar-refractivity contribution in [1.29, 1.82) is 0 Å². The minimum absolute atomic E-state index is 0.227. The minimum Gasteiger partial charge on any atom is -0.396 e. The fourth-order valence-electron chi connectivity index (χ4n) is 3.92. The maximum Gasteiger partial charge on any atom is 0.191 e. The second-order valence-electron chi connectivity index (χ2n) is 8.19. The second kappa shape index (κ2) is 13.4. The van der Waals surface area contributed by atoms with Gasteiger partial charge in [0.25, 0.3) is 0 Å². The van der Waals surface area contributed by atoms with Crippen LogP contribution in [-0.2, 0) is 13.1 Å². The van der Waals surface area contributed by atoms with Crippen molar-refractivity contribution in [2.24, 2.45) is 10.9 Å². The zero-order chi connectivity index (χ0) is 23.3. The highest BCUT2D eigenvalue weighted by atomic mass is 16.3. The first kappa shape index (κ1) is 24.5. The van der Waals surface area contributed by atoms with Gasteiger partial charge in [-0.05, 0) is 47.9 Å². The molecule has 3 aromatic rings. The number of aromatic nitrogens is 3. The van der Waals surface area contributed by atoms with Crippen LogP contribution in [0.2, 0.25) is 0 Å². The molecule has 1 heterocycles. The Morgan fingerprint density at radius 2 is 1.88 bits per heavy atom. The third kappa shape index (κ3) is 7.71. The van der Waals surface area contributed by atoms with Crippen LogP contribution in [-0.4, -0.2) is 45.5 Å². The van der Waals surface area contributed by atoms with E-state index in [0.717, 1.165) is 38.3 Å². The van der Waals surface area contributed by atoms with Crippen molar-refractivity contribution in [3.8, 4) is 11.1 Å². The molecule has 0 amide bonds. The minimum atomic E-state index is 0.227. The highest BCUT2D eigenvalue weighted by molar-refractivity contribution is 5.80. The molecule has 1 atom stereocenters. The van der Waals surface area contributed by atoms with Crippen LogP contribution in [0.4, 0.5) is 0 Å². The average Bonchev–Trinajstić information content (AvgIpc) is 3.35. The van der Waals surface area contributed by atoms with E-state index in [0.29, 0.717) is 19.0 Å². The SMILES string of the molecule is CCCC(CCO)CNC(=NCc1ccccc1-c1ccc(Cn2cncn2)cc1)NCC. The van der Waals surface area contributed by atoms with Gasteiger partial charge in [0.05, 0.1) is 13.1 Å². The summed E-state index contributed by atoms with van der Waals surface area (Å²) in [5.41, 5.74) is 4.72. The van der Waals surface area contributed by atoms with Crippen molar-refractivity contribution in [2.45, 2.75) is 46.2 Å². The van der Waals surface area contributed by atoms with E-state index in [1.54, 1.807) is 12.7 Å². The summed E-state index contributed by atoms with van der Waals surface area (Å²) in [6, 6.07) is 17.0. The molecule has 1 unspecified atom stereocenters. The standard InChI is InChI=1S/C26H36N6O/c1-3-7-21(14-15-33)16-29-26(28-4-2)30-17-24-8-5-6-9-25(24)23-12-10-22(11-13-23)18-32-20-27-19-31-32/h5-6,8-13,19-21,33H,3-4,7,14-18H2,1-2H3,(H2,28,29,30). The monoisotopic (exact) mass is 448 g/mol. The van der Waals surface area contributed by atoms with Crippen molar-refractivity contribution in [3.63, 3.8) is 0 Å². The average molecular weight is 449 g/mol. The summed E-state index contributed by atoms with van der Waals surface area (Å²) in [6.07, 6.45) is 6.31. The predicted octanol–water partition coefficient (Wildman–Crippen LogP) is 3.85. The van der Waals surface area contributed by atoms with Crippen LogP contribution in [0.3, 0.4) is 0 Å². The van der Waals surface area contributed by atoms with Crippen molar-refractivity contribution < 1.29 is 5.11 Å². The van der Waals surface area contributed by atoms with Gasteiger partial charge in [0, 0.05) is 19.7 Å². The zero-order valence-corrected chi connectivity index (χ0v) is 19.7. The number of hydrogen-bond acceptors (Lipinski definition) is 4. The van der Waals surface area contributed by atoms with Gasteiger partial charge < -0.3 is 15.7 Å². The normalized spacial score (nSPS) is 12.5. The molecular formula is C26H36N6O. The molecule has 0 saturated carbocycles. The third-order valence-corrected chi connectivity index (χ3v) is 5.64. The lowest BCUT2D eigenvalue weighted by Gasteiger charge is -2.18. The van der Waals surface area contributed by atoms with Gasteiger partial charge in [-0.1, -0.05) is 61.9 Å². The van der Waals surface area contributed by atoms with Crippen LogP contribution >= 0.6 is 0 Å². The van der Waals surface area contributed by atoms with Gasteiger partial charge in [-0.2, -0.15) is 5.10 Å². The number of aliphatic hydroxyl groups excluding tert-OH is 1. The number of aliphatic hydroxyl groups is 1. The second-order valence-corrected chi connectivity index (χ2v) is 8.19. The number of guanidine groups is 1. The molecule has 0 spiro atoms. The lowest BCUT2D eigenvalue weighted by atomic mass is 9.98. The first-order chi connectivity index (χ1) is 16.2. The molecule has 7 nitrogen and oxygen atoms in total. The molecule has 0 fully saturated rings. The summed E-state index contributed by atoms with van der Waals surface area (Å²) in [7, 11) is 0. The number of aliphatic imine (C=N–C) groups is 1. The molecule has 0 aliphatic rings. The number of nitrogens with one attached hydrogen (secondary N) is 2. The predicted molar refractivity (Wildman–Crippen MR) is 134 cm³/mol. The summed E-state index contributed by atoms with van der Waals surface area (Å²) < 4.78 is 1.82. The van der Waals surface area contributed by atoms with Crippen molar-refractivity contribution in [1.82, 2.24) is 25.4 Å². The maximum absolute atomic E-state index is 9.32. The Morgan fingerprint density at radius 3 is 2.58 bits per heavy atom. The topological polar surface area (TPSA) is 87.4 Å². The van der Waals surface area contributed by atoms with E-state index in [4.69, 9.17) is 4.99 Å². The van der Waals surface area contributed by atoms with E-state index >= 15 is 0 Å². The maximum atomic E-state index is 9.32. The molecule has 0 radical (unpaired) electrons. The van der Waals surface area contributed by atoms with E-state index in [-0.39, 0.29) is 6.61 Å². The Hall–Kier alpha value is -3.19. The van der Waals surface area contributed by atoms with Gasteiger partial charge in [0.2, 0.25) is 0 Å². The van der Waals surface area contributed by atoms with Crippen LogP contribution in [0.25, 0.3) is 11.1 Å². The number of benzene rings is 2. The summed E-state index contributed by atoms with van der Waals surface area (Å²) in [5.74, 6) is 1.27. The van der Waals surface area contributed by atoms with E-state index in [2.05, 4.69) is 83.1 Å². The smallest absolute Gasteiger partial charge is 0.191 e. The van der Waals surface area contributed by atoms with Crippen molar-refractivity contribution in [2.75, 3.05) is 19.7 Å². The molecule has 176 valence electrons. The molecule has 3 N–H and O–H groups in total. The lowest BCUT2D eigenvalue weighted by Crippen LogP contribution is -2.40. The van der Waals surface area contributed by atoms with Gasteiger partial charge in [-0.3, -0.25) is 0 Å². The van der Waals surface area contributed by atoms with E-state index in [1.165, 1.54) is 22.3 Å². The zero-order valence-electron chi connectivity index (χ0n) is 19.7. The quantitative estimate of drug-likeness (QED) is 0.289. The number of hydrogen-bond donors (Lipinski definition) is 3. The Bertz CT molecular complexity index is 963. The summed E-state index contributed by atoms with van der Waals surface area (Å²) >= 11 is 0. The number of rotatable bonds is 12. The molecule has 0 aliphatic heterocycles. The van der Waals surface area contributed by atoms with E-state index in [1.807, 2.05) is 4.68 Å². The summed E-state index contributed by atoms with van der Waals surface area (Å²) in [6.45, 7) is 7.40. The highest BCUT2D eigenvalue weighted by Gasteiger charge is 2.09. The van der Waals surface area contributed by atoms with Gasteiger partial charge >= 0.3 is 0 Å². The number of nitrogens with zero attached hydrogens (tertiary/aromatic N) is 4. The van der Waals surface area contributed by atoms with E-state index < -0.39 is 0 Å². The van der Waals surface area contributed by atoms with Crippen LogP contribution in [0.1, 0.15) is 44.2 Å². The molecule has 1 aromatic heterocycles. The summed E-state index contributed by atoms with van der Waals surface area (Å²) in [4.78, 5) is 8.84. The van der Waals surface area contributed by atoms with Crippen molar-refractivity contribution in [3.05, 3.63) is 72.3 Å². The van der Waals surface area contributed by atoms with Gasteiger partial charge in [-0.25, -0.2) is 14.7 Å². The molecule has 33 heavy (non-hydrogen) atoms. The fourth-order valence-corrected chi connectivity index (χ4v) is 3.92. The molecule has 0 saturated heterocycles. The van der Waals surface area contributed by atoms with Crippen LogP contribution < -0.4 is 10.6 Å². The van der Waals surface area contributed by atoms with Crippen LogP contribution in [0.15, 0.2) is 66.2 Å². The third-order valence-electron chi connectivity index (χ3n) is 5.64. The van der Waals surface area contributed by atoms with Crippen LogP contribution in [0.5, 0.6) is 0 Å². The molecule has 0 aliphatic carbocycles. The Kier molecular flexibility index (Phi) is 9.91. The van der Waals surface area contributed by atoms with E-state index in [9.17, 15) is 5.11 Å². The molecule has 7 heteroatoms. The molecule has 0 bridgehead atoms. The highest BCUT2D eigenvalue weighted by Crippen LogP contribution is 2.25. The Morgan fingerprint density at radius 1 is 1.06 bits per heavy atom. The Balaban J connectivity index is 1.69. The largest absolute Gasteiger partial charge is 0.396 e. The lowest BCUT2D eigenvalue weighted by molar-refractivity contribution is 0.251. The first-order valence-electron chi connectivity index (χ1n) is 11.9. The Labute approximate surface area is 197 Å². The van der Waals surface area contributed by atoms with Gasteiger partial charge in [-0.15, -0.1) is 0 Å².